The van der Waals surface area contributed by atoms with Crippen molar-refractivity contribution in [1.82, 2.24) is 5.32 Å². The highest BCUT2D eigenvalue weighted by molar-refractivity contribution is 6.00. The topological polar surface area (TPSA) is 67.9 Å². The Labute approximate surface area is 171 Å². The number of amides is 2. The van der Waals surface area contributed by atoms with Gasteiger partial charge in [-0.1, -0.05) is 23.8 Å². The highest BCUT2D eigenvalue weighted by Gasteiger charge is 2.35. The molecule has 2 aromatic carbocycles. The molecule has 1 unspecified atom stereocenters. The molecule has 1 aliphatic heterocycles. The highest BCUT2D eigenvalue weighted by Crippen LogP contribution is 2.29. The van der Waals surface area contributed by atoms with Crippen molar-refractivity contribution in [3.8, 4) is 11.5 Å². The van der Waals surface area contributed by atoms with Crippen molar-refractivity contribution in [1.29, 1.82) is 0 Å². The number of rotatable bonds is 7. The van der Waals surface area contributed by atoms with Crippen LogP contribution in [0.25, 0.3) is 0 Å². The van der Waals surface area contributed by atoms with Crippen LogP contribution in [0.2, 0.25) is 0 Å². The first kappa shape index (κ1) is 20.7. The van der Waals surface area contributed by atoms with E-state index in [4.69, 9.17) is 9.47 Å². The van der Waals surface area contributed by atoms with Gasteiger partial charge in [-0.3, -0.25) is 9.59 Å². The van der Waals surface area contributed by atoms with Crippen LogP contribution in [0.4, 0.5) is 5.69 Å². The van der Waals surface area contributed by atoms with Crippen LogP contribution in [-0.2, 0) is 16.0 Å². The molecule has 1 fully saturated rings. The number of hydrogen-bond donors (Lipinski definition) is 1. The number of nitrogens with zero attached hydrogens (tertiary/aromatic N) is 1. The molecule has 0 aliphatic carbocycles. The second kappa shape index (κ2) is 8.99. The maximum atomic E-state index is 12.6. The van der Waals surface area contributed by atoms with E-state index in [9.17, 15) is 9.59 Å². The molecular weight excluding hydrogens is 368 g/mol. The molecule has 0 aromatic heterocycles. The smallest absolute Gasteiger partial charge is 0.227 e. The first-order chi connectivity index (χ1) is 13.9. The van der Waals surface area contributed by atoms with E-state index in [0.717, 1.165) is 22.4 Å². The van der Waals surface area contributed by atoms with E-state index in [0.29, 0.717) is 31.0 Å². The fourth-order valence-electron chi connectivity index (χ4n) is 3.73. The van der Waals surface area contributed by atoms with Crippen LogP contribution in [-0.4, -0.2) is 39.1 Å². The molecule has 0 bridgehead atoms. The van der Waals surface area contributed by atoms with Crippen molar-refractivity contribution in [2.75, 3.05) is 32.2 Å². The Morgan fingerprint density at radius 3 is 2.55 bits per heavy atom. The third-order valence-corrected chi connectivity index (χ3v) is 5.30. The van der Waals surface area contributed by atoms with Crippen molar-refractivity contribution >= 4 is 17.5 Å². The summed E-state index contributed by atoms with van der Waals surface area (Å²) in [5.41, 5.74) is 4.14. The summed E-state index contributed by atoms with van der Waals surface area (Å²) < 4.78 is 10.6. The Morgan fingerprint density at radius 2 is 1.86 bits per heavy atom. The van der Waals surface area contributed by atoms with Gasteiger partial charge >= 0.3 is 0 Å². The standard InChI is InChI=1S/C23H28N2O4/c1-15-5-7-19(16(2)11-15)25-14-18(13-22(25)26)23(27)24-10-9-17-6-8-20(28-3)21(12-17)29-4/h5-8,11-12,18H,9-10,13-14H2,1-4H3,(H,24,27). The van der Waals surface area contributed by atoms with Gasteiger partial charge in [-0.05, 0) is 49.6 Å². The predicted octanol–water partition coefficient (Wildman–Crippen LogP) is 3.03. The molecule has 1 saturated heterocycles. The third-order valence-electron chi connectivity index (χ3n) is 5.30. The fourth-order valence-corrected chi connectivity index (χ4v) is 3.73. The van der Waals surface area contributed by atoms with E-state index in [2.05, 4.69) is 11.4 Å². The van der Waals surface area contributed by atoms with E-state index < -0.39 is 0 Å². The molecule has 2 aromatic rings. The minimum absolute atomic E-state index is 0.00278. The monoisotopic (exact) mass is 396 g/mol. The molecule has 6 nitrogen and oxygen atoms in total. The third kappa shape index (κ3) is 4.70. The Morgan fingerprint density at radius 1 is 1.10 bits per heavy atom. The number of anilines is 1. The average Bonchev–Trinajstić information content (AvgIpc) is 3.09. The molecular formula is C23H28N2O4. The normalized spacial score (nSPS) is 16.1. The van der Waals surface area contributed by atoms with Crippen LogP contribution in [0.1, 0.15) is 23.1 Å². The molecule has 0 spiro atoms. The van der Waals surface area contributed by atoms with Gasteiger partial charge in [0.25, 0.3) is 0 Å². The quantitative estimate of drug-likeness (QED) is 0.781. The van der Waals surface area contributed by atoms with Gasteiger partial charge in [-0.15, -0.1) is 0 Å². The fraction of sp³-hybridized carbons (Fsp3) is 0.391. The summed E-state index contributed by atoms with van der Waals surface area (Å²) >= 11 is 0. The minimum atomic E-state index is -0.325. The number of aryl methyl sites for hydroxylation is 2. The van der Waals surface area contributed by atoms with Crippen LogP contribution >= 0.6 is 0 Å². The molecule has 3 rings (SSSR count). The van der Waals surface area contributed by atoms with Crippen molar-refractivity contribution in [3.63, 3.8) is 0 Å². The number of ether oxygens (including phenoxy) is 2. The SMILES string of the molecule is COc1ccc(CCNC(=O)C2CC(=O)N(c3ccc(C)cc3C)C2)cc1OC. The van der Waals surface area contributed by atoms with Gasteiger partial charge in [-0.2, -0.15) is 0 Å². The van der Waals surface area contributed by atoms with E-state index >= 15 is 0 Å². The predicted molar refractivity (Wildman–Crippen MR) is 113 cm³/mol. The summed E-state index contributed by atoms with van der Waals surface area (Å²) in [4.78, 5) is 26.8. The average molecular weight is 396 g/mol. The number of hydrogen-bond acceptors (Lipinski definition) is 4. The Hall–Kier alpha value is -3.02. The van der Waals surface area contributed by atoms with Gasteiger partial charge in [-0.25, -0.2) is 0 Å². The van der Waals surface area contributed by atoms with Gasteiger partial charge in [0.2, 0.25) is 11.8 Å². The molecule has 6 heteroatoms. The number of nitrogens with one attached hydrogen (secondary N) is 1. The lowest BCUT2D eigenvalue weighted by molar-refractivity contribution is -0.126. The summed E-state index contributed by atoms with van der Waals surface area (Å²) in [7, 11) is 3.20. The van der Waals surface area contributed by atoms with Crippen LogP contribution < -0.4 is 19.7 Å². The second-order valence-corrected chi connectivity index (χ2v) is 7.43. The van der Waals surface area contributed by atoms with Crippen LogP contribution in [0, 0.1) is 19.8 Å². The lowest BCUT2D eigenvalue weighted by Gasteiger charge is -2.19. The lowest BCUT2D eigenvalue weighted by Crippen LogP contribution is -2.34. The zero-order chi connectivity index (χ0) is 21.0. The number of methoxy groups -OCH3 is 2. The van der Waals surface area contributed by atoms with E-state index in [1.54, 1.807) is 19.1 Å². The Kier molecular flexibility index (Phi) is 6.42. The zero-order valence-corrected chi connectivity index (χ0v) is 17.5. The van der Waals surface area contributed by atoms with Crippen LogP contribution in [0.5, 0.6) is 11.5 Å². The Bertz CT molecular complexity index is 910. The molecule has 1 atom stereocenters. The summed E-state index contributed by atoms with van der Waals surface area (Å²) in [6.45, 7) is 4.94. The summed E-state index contributed by atoms with van der Waals surface area (Å²) in [5, 5.41) is 2.97. The molecule has 2 amide bonds. The van der Waals surface area contributed by atoms with Gasteiger partial charge < -0.3 is 19.7 Å². The van der Waals surface area contributed by atoms with E-state index in [-0.39, 0.29) is 24.2 Å². The van der Waals surface area contributed by atoms with Crippen molar-refractivity contribution in [3.05, 3.63) is 53.1 Å². The molecule has 1 N–H and O–H groups in total. The first-order valence-electron chi connectivity index (χ1n) is 9.79. The highest BCUT2D eigenvalue weighted by atomic mass is 16.5. The summed E-state index contributed by atoms with van der Waals surface area (Å²) in [6.07, 6.45) is 0.920. The molecule has 1 aliphatic rings. The van der Waals surface area contributed by atoms with Crippen LogP contribution in [0.3, 0.4) is 0 Å². The summed E-state index contributed by atoms with van der Waals surface area (Å²) in [6, 6.07) is 11.7. The molecule has 0 saturated carbocycles. The van der Waals surface area contributed by atoms with Crippen LogP contribution in [0.15, 0.2) is 36.4 Å². The van der Waals surface area contributed by atoms with Gasteiger partial charge in [0.05, 0.1) is 20.1 Å². The number of benzene rings is 2. The summed E-state index contributed by atoms with van der Waals surface area (Å²) in [5.74, 6) is 0.940. The molecule has 29 heavy (non-hydrogen) atoms. The first-order valence-corrected chi connectivity index (χ1v) is 9.79. The van der Waals surface area contributed by atoms with Gasteiger partial charge in [0.15, 0.2) is 11.5 Å². The van der Waals surface area contributed by atoms with E-state index in [1.165, 1.54) is 0 Å². The molecule has 1 heterocycles. The molecule has 0 radical (unpaired) electrons. The Balaban J connectivity index is 1.56. The largest absolute Gasteiger partial charge is 0.493 e. The van der Waals surface area contributed by atoms with E-state index in [1.807, 2.05) is 44.2 Å². The van der Waals surface area contributed by atoms with Gasteiger partial charge in [0.1, 0.15) is 0 Å². The number of carbonyl (C=O) groups is 2. The maximum absolute atomic E-state index is 12.6. The lowest BCUT2D eigenvalue weighted by atomic mass is 10.1. The minimum Gasteiger partial charge on any atom is -0.493 e. The van der Waals surface area contributed by atoms with Crippen molar-refractivity contribution in [2.45, 2.75) is 26.7 Å². The molecule has 154 valence electrons. The number of carbonyl (C=O) groups excluding carboxylic acids is 2. The van der Waals surface area contributed by atoms with Gasteiger partial charge in [0, 0.05) is 25.2 Å². The van der Waals surface area contributed by atoms with Crippen molar-refractivity contribution < 1.29 is 19.1 Å². The zero-order valence-electron chi connectivity index (χ0n) is 17.5. The van der Waals surface area contributed by atoms with Crippen molar-refractivity contribution in [2.24, 2.45) is 5.92 Å². The second-order valence-electron chi connectivity index (χ2n) is 7.43. The maximum Gasteiger partial charge on any atom is 0.227 e.